The van der Waals surface area contributed by atoms with Gasteiger partial charge >= 0.3 is 0 Å². The van der Waals surface area contributed by atoms with Crippen LogP contribution in [0.2, 0.25) is 0 Å². The van der Waals surface area contributed by atoms with Crippen LogP contribution >= 0.6 is 11.8 Å². The minimum atomic E-state index is 0.320. The maximum Gasteiger partial charge on any atom is 0.0610 e. The van der Waals surface area contributed by atoms with Gasteiger partial charge in [-0.3, -0.25) is 0 Å². The number of hydrogen-bond donors (Lipinski definition) is 1. The Morgan fingerprint density at radius 3 is 2.40 bits per heavy atom. The molecule has 0 aromatic rings. The van der Waals surface area contributed by atoms with Gasteiger partial charge in [-0.15, -0.1) is 11.8 Å². The molecule has 10 heavy (non-hydrogen) atoms. The van der Waals surface area contributed by atoms with Gasteiger partial charge in [0.2, 0.25) is 0 Å². The summed E-state index contributed by atoms with van der Waals surface area (Å²) in [6, 6.07) is 0. The monoisotopic (exact) mass is 159 g/mol. The van der Waals surface area contributed by atoms with E-state index in [-0.39, 0.29) is 0 Å². The molecular formula is C8H17NS. The number of hydrogen-bond acceptors (Lipinski definition) is 2. The van der Waals surface area contributed by atoms with Crippen molar-refractivity contribution in [2.24, 2.45) is 0 Å². The molecule has 0 rings (SSSR count). The molecule has 0 amide bonds. The van der Waals surface area contributed by atoms with Gasteiger partial charge in [0.1, 0.15) is 0 Å². The van der Waals surface area contributed by atoms with Crippen molar-refractivity contribution in [3.05, 3.63) is 11.6 Å². The lowest BCUT2D eigenvalue weighted by Gasteiger charge is -2.22. The van der Waals surface area contributed by atoms with Gasteiger partial charge in [0.25, 0.3) is 0 Å². The topological polar surface area (TPSA) is 12.0 Å². The highest BCUT2D eigenvalue weighted by Gasteiger charge is 2.16. The van der Waals surface area contributed by atoms with Crippen molar-refractivity contribution in [1.82, 2.24) is 5.32 Å². The molecule has 0 bridgehead atoms. The van der Waals surface area contributed by atoms with Crippen molar-refractivity contribution in [2.75, 3.05) is 7.05 Å². The summed E-state index contributed by atoms with van der Waals surface area (Å²) in [4.78, 5) is 0. The Hall–Kier alpha value is -0.110. The Morgan fingerprint density at radius 2 is 2.10 bits per heavy atom. The largest absolute Gasteiger partial charge is 0.383 e. The zero-order valence-corrected chi connectivity index (χ0v) is 8.14. The molecule has 0 aliphatic heterocycles. The Morgan fingerprint density at radius 1 is 1.60 bits per heavy atom. The quantitative estimate of drug-likeness (QED) is 0.676. The summed E-state index contributed by atoms with van der Waals surface area (Å²) in [6.45, 7) is 10.5. The van der Waals surface area contributed by atoms with E-state index < -0.39 is 0 Å². The Kier molecular flexibility index (Phi) is 3.87. The molecule has 0 saturated carbocycles. The van der Waals surface area contributed by atoms with E-state index in [1.165, 1.54) is 6.42 Å². The molecular weight excluding hydrogens is 142 g/mol. The molecule has 1 nitrogen and oxygen atoms in total. The van der Waals surface area contributed by atoms with E-state index >= 15 is 0 Å². The second-order valence-corrected chi connectivity index (χ2v) is 4.69. The van der Waals surface area contributed by atoms with E-state index in [0.29, 0.717) is 4.75 Å². The second-order valence-electron chi connectivity index (χ2n) is 2.89. The third-order valence-corrected chi connectivity index (χ3v) is 2.82. The first-order valence-corrected chi connectivity index (χ1v) is 4.39. The van der Waals surface area contributed by atoms with Gasteiger partial charge in [-0.2, -0.15) is 0 Å². The van der Waals surface area contributed by atoms with Gasteiger partial charge in [0.05, 0.1) is 5.03 Å². The van der Waals surface area contributed by atoms with Crippen LogP contribution in [-0.4, -0.2) is 11.8 Å². The number of rotatable bonds is 4. The summed E-state index contributed by atoms with van der Waals surface area (Å²) in [5.41, 5.74) is 0. The lowest BCUT2D eigenvalue weighted by molar-refractivity contribution is 0.686. The second kappa shape index (κ2) is 3.91. The zero-order valence-electron chi connectivity index (χ0n) is 7.32. The number of thioether (sulfide) groups is 1. The molecule has 0 aliphatic carbocycles. The molecule has 0 heterocycles. The van der Waals surface area contributed by atoms with Crippen LogP contribution in [0.15, 0.2) is 11.6 Å². The van der Waals surface area contributed by atoms with Gasteiger partial charge in [-0.1, -0.05) is 27.4 Å². The van der Waals surface area contributed by atoms with Crippen LogP contribution in [0, 0.1) is 0 Å². The molecule has 0 aromatic carbocycles. The molecule has 0 atom stereocenters. The van der Waals surface area contributed by atoms with Crippen LogP contribution in [0.25, 0.3) is 0 Å². The van der Waals surface area contributed by atoms with E-state index in [9.17, 15) is 0 Å². The molecule has 60 valence electrons. The first-order valence-electron chi connectivity index (χ1n) is 3.57. The third kappa shape index (κ3) is 3.83. The molecule has 2 heteroatoms. The molecule has 0 fully saturated rings. The van der Waals surface area contributed by atoms with Gasteiger partial charge < -0.3 is 5.32 Å². The van der Waals surface area contributed by atoms with Crippen LogP contribution < -0.4 is 5.32 Å². The van der Waals surface area contributed by atoms with Crippen molar-refractivity contribution in [2.45, 2.75) is 31.9 Å². The normalized spacial score (nSPS) is 11.2. The van der Waals surface area contributed by atoms with Gasteiger partial charge in [0.15, 0.2) is 0 Å². The summed E-state index contributed by atoms with van der Waals surface area (Å²) < 4.78 is 0.320. The van der Waals surface area contributed by atoms with Crippen molar-refractivity contribution in [3.63, 3.8) is 0 Å². The van der Waals surface area contributed by atoms with Crippen molar-refractivity contribution >= 4 is 11.8 Å². The Balaban J connectivity index is 3.76. The van der Waals surface area contributed by atoms with Gasteiger partial charge in [0, 0.05) is 11.8 Å². The fraction of sp³-hybridized carbons (Fsp3) is 0.750. The van der Waals surface area contributed by atoms with Gasteiger partial charge in [-0.05, 0) is 6.42 Å². The molecule has 0 aliphatic rings. The fourth-order valence-corrected chi connectivity index (χ4v) is 1.37. The molecule has 1 N–H and O–H groups in total. The molecule has 0 saturated heterocycles. The molecule has 0 unspecified atom stereocenters. The SMILES string of the molecule is C=C(NC)SC(C)(C)CC. The molecule has 0 spiro atoms. The highest BCUT2D eigenvalue weighted by molar-refractivity contribution is 8.04. The predicted octanol–water partition coefficient (Wildman–Crippen LogP) is 2.60. The highest BCUT2D eigenvalue weighted by Crippen LogP contribution is 2.31. The minimum absolute atomic E-state index is 0.320. The lowest BCUT2D eigenvalue weighted by Crippen LogP contribution is -2.16. The summed E-state index contributed by atoms with van der Waals surface area (Å²) in [6.07, 6.45) is 1.17. The average molecular weight is 159 g/mol. The van der Waals surface area contributed by atoms with E-state index in [0.717, 1.165) is 5.03 Å². The zero-order chi connectivity index (χ0) is 8.20. The van der Waals surface area contributed by atoms with Crippen LogP contribution in [0.1, 0.15) is 27.2 Å². The van der Waals surface area contributed by atoms with Crippen LogP contribution in [0.3, 0.4) is 0 Å². The Bertz CT molecular complexity index is 118. The van der Waals surface area contributed by atoms with E-state index in [4.69, 9.17) is 0 Å². The van der Waals surface area contributed by atoms with Crippen LogP contribution in [0.5, 0.6) is 0 Å². The minimum Gasteiger partial charge on any atom is -0.383 e. The highest BCUT2D eigenvalue weighted by atomic mass is 32.2. The summed E-state index contributed by atoms with van der Waals surface area (Å²) in [5, 5.41) is 4.07. The fourth-order valence-electron chi connectivity index (χ4n) is 0.457. The van der Waals surface area contributed by atoms with Crippen molar-refractivity contribution in [1.29, 1.82) is 0 Å². The molecule has 0 aromatic heterocycles. The predicted molar refractivity (Wildman–Crippen MR) is 50.2 cm³/mol. The van der Waals surface area contributed by atoms with E-state index in [2.05, 4.69) is 32.7 Å². The van der Waals surface area contributed by atoms with Crippen molar-refractivity contribution in [3.8, 4) is 0 Å². The standard InChI is InChI=1S/C8H17NS/c1-6-8(3,4)10-7(2)9-5/h9H,2,6H2,1,3-5H3. The summed E-state index contributed by atoms with van der Waals surface area (Å²) in [7, 11) is 1.90. The van der Waals surface area contributed by atoms with Gasteiger partial charge in [-0.25, -0.2) is 0 Å². The third-order valence-electron chi connectivity index (χ3n) is 1.53. The first-order chi connectivity index (χ1) is 4.52. The average Bonchev–Trinajstić information content (AvgIpc) is 1.87. The molecule has 0 radical (unpaired) electrons. The maximum atomic E-state index is 3.86. The smallest absolute Gasteiger partial charge is 0.0610 e. The van der Waals surface area contributed by atoms with Crippen LogP contribution in [0.4, 0.5) is 0 Å². The summed E-state index contributed by atoms with van der Waals surface area (Å²) >= 11 is 1.80. The van der Waals surface area contributed by atoms with Crippen molar-refractivity contribution < 1.29 is 0 Å². The Labute approximate surface area is 68.3 Å². The first kappa shape index (κ1) is 9.89. The lowest BCUT2D eigenvalue weighted by atomic mass is 10.1. The number of nitrogens with one attached hydrogen (secondary N) is 1. The van der Waals surface area contributed by atoms with Crippen LogP contribution in [-0.2, 0) is 0 Å². The van der Waals surface area contributed by atoms with E-state index in [1.807, 2.05) is 7.05 Å². The van der Waals surface area contributed by atoms with E-state index in [1.54, 1.807) is 11.8 Å². The maximum absolute atomic E-state index is 3.86. The summed E-state index contributed by atoms with van der Waals surface area (Å²) in [5.74, 6) is 0.